The van der Waals surface area contributed by atoms with Crippen LogP contribution in [-0.4, -0.2) is 31.4 Å². The number of amides is 2. The molecule has 3 aromatic heterocycles. The molecule has 136 valence electrons. The monoisotopic (exact) mass is 356 g/mol. The Kier molecular flexibility index (Phi) is 4.61. The summed E-state index contributed by atoms with van der Waals surface area (Å²) in [4.78, 5) is 25.2. The Hall–Kier alpha value is -3.36. The Morgan fingerprint density at radius 2 is 1.96 bits per heavy atom. The van der Waals surface area contributed by atoms with Gasteiger partial charge in [0, 0.05) is 19.8 Å². The van der Waals surface area contributed by atoms with Crippen molar-refractivity contribution in [2.45, 2.75) is 20.4 Å². The highest BCUT2D eigenvalue weighted by Crippen LogP contribution is 2.18. The number of aromatic nitrogens is 4. The van der Waals surface area contributed by atoms with E-state index in [1.165, 1.54) is 17.1 Å². The van der Waals surface area contributed by atoms with Crippen molar-refractivity contribution in [2.75, 3.05) is 5.32 Å². The van der Waals surface area contributed by atoms with Crippen LogP contribution >= 0.6 is 0 Å². The van der Waals surface area contributed by atoms with E-state index in [0.717, 1.165) is 5.69 Å². The average Bonchev–Trinajstić information content (AvgIpc) is 3.27. The van der Waals surface area contributed by atoms with Gasteiger partial charge in [0.15, 0.2) is 0 Å². The van der Waals surface area contributed by atoms with Crippen molar-refractivity contribution in [3.8, 4) is 0 Å². The van der Waals surface area contributed by atoms with Gasteiger partial charge in [-0.25, -0.2) is 0 Å². The van der Waals surface area contributed by atoms with E-state index in [1.807, 2.05) is 6.92 Å². The van der Waals surface area contributed by atoms with Crippen LogP contribution in [0.15, 0.2) is 29.0 Å². The highest BCUT2D eigenvalue weighted by Gasteiger charge is 2.22. The summed E-state index contributed by atoms with van der Waals surface area (Å²) in [6, 6.07) is 3.51. The van der Waals surface area contributed by atoms with Gasteiger partial charge in [-0.15, -0.1) is 0 Å². The van der Waals surface area contributed by atoms with E-state index < -0.39 is 0 Å². The summed E-state index contributed by atoms with van der Waals surface area (Å²) in [6.45, 7) is 3.82. The second-order valence-electron chi connectivity index (χ2n) is 5.92. The van der Waals surface area contributed by atoms with Crippen molar-refractivity contribution in [3.05, 3.63) is 53.0 Å². The lowest BCUT2D eigenvalue weighted by Gasteiger charge is -2.08. The summed E-state index contributed by atoms with van der Waals surface area (Å²) in [6.07, 6.45) is 2.98. The predicted molar refractivity (Wildman–Crippen MR) is 93.7 cm³/mol. The molecule has 0 bridgehead atoms. The SMILES string of the molecule is Cc1nn(C)c(C)c1C(=O)Nc1cnn(C)c1C(=O)NCc1ccco1. The molecule has 26 heavy (non-hydrogen) atoms. The van der Waals surface area contributed by atoms with Gasteiger partial charge in [0.2, 0.25) is 0 Å². The lowest BCUT2D eigenvalue weighted by atomic mass is 10.2. The Morgan fingerprint density at radius 3 is 2.58 bits per heavy atom. The normalized spacial score (nSPS) is 10.8. The average molecular weight is 356 g/mol. The Morgan fingerprint density at radius 1 is 1.19 bits per heavy atom. The number of hydrogen-bond acceptors (Lipinski definition) is 5. The van der Waals surface area contributed by atoms with Crippen LogP contribution in [0.25, 0.3) is 0 Å². The minimum absolute atomic E-state index is 0.241. The summed E-state index contributed by atoms with van der Waals surface area (Å²) in [5.41, 5.74) is 2.43. The van der Waals surface area contributed by atoms with Gasteiger partial charge in [-0.2, -0.15) is 10.2 Å². The molecule has 0 atom stereocenters. The number of nitrogens with one attached hydrogen (secondary N) is 2. The molecule has 3 heterocycles. The van der Waals surface area contributed by atoms with Crippen molar-refractivity contribution in [2.24, 2.45) is 14.1 Å². The van der Waals surface area contributed by atoms with E-state index in [0.29, 0.717) is 22.7 Å². The third-order valence-corrected chi connectivity index (χ3v) is 4.14. The molecule has 0 aliphatic rings. The molecule has 0 fully saturated rings. The predicted octanol–water partition coefficient (Wildman–Crippen LogP) is 1.55. The molecular weight excluding hydrogens is 336 g/mol. The van der Waals surface area contributed by atoms with E-state index >= 15 is 0 Å². The van der Waals surface area contributed by atoms with Crippen LogP contribution in [0.2, 0.25) is 0 Å². The fourth-order valence-corrected chi connectivity index (χ4v) is 2.75. The van der Waals surface area contributed by atoms with Crippen LogP contribution in [0.3, 0.4) is 0 Å². The zero-order valence-electron chi connectivity index (χ0n) is 15.0. The van der Waals surface area contributed by atoms with E-state index in [4.69, 9.17) is 4.42 Å². The molecule has 3 aromatic rings. The van der Waals surface area contributed by atoms with Gasteiger partial charge in [0.05, 0.1) is 35.9 Å². The zero-order chi connectivity index (χ0) is 18.8. The molecule has 3 rings (SSSR count). The van der Waals surface area contributed by atoms with Gasteiger partial charge in [0.1, 0.15) is 11.5 Å². The minimum Gasteiger partial charge on any atom is -0.467 e. The van der Waals surface area contributed by atoms with Crippen molar-refractivity contribution >= 4 is 17.5 Å². The molecule has 0 aliphatic heterocycles. The minimum atomic E-state index is -0.365. The summed E-state index contributed by atoms with van der Waals surface area (Å²) < 4.78 is 8.25. The number of furan rings is 1. The summed E-state index contributed by atoms with van der Waals surface area (Å²) in [5, 5.41) is 13.8. The number of aryl methyl sites for hydroxylation is 3. The molecule has 0 unspecified atom stereocenters. The summed E-state index contributed by atoms with van der Waals surface area (Å²) >= 11 is 0. The van der Waals surface area contributed by atoms with Crippen LogP contribution in [0, 0.1) is 13.8 Å². The largest absolute Gasteiger partial charge is 0.467 e. The van der Waals surface area contributed by atoms with Gasteiger partial charge in [-0.1, -0.05) is 0 Å². The first-order chi connectivity index (χ1) is 12.4. The van der Waals surface area contributed by atoms with Crippen molar-refractivity contribution in [3.63, 3.8) is 0 Å². The Bertz CT molecular complexity index is 952. The van der Waals surface area contributed by atoms with Gasteiger partial charge >= 0.3 is 0 Å². The fraction of sp³-hybridized carbons (Fsp3) is 0.294. The van der Waals surface area contributed by atoms with Crippen LogP contribution in [0.4, 0.5) is 5.69 Å². The highest BCUT2D eigenvalue weighted by atomic mass is 16.3. The van der Waals surface area contributed by atoms with Crippen LogP contribution in [-0.2, 0) is 20.6 Å². The lowest BCUT2D eigenvalue weighted by Crippen LogP contribution is -2.26. The maximum atomic E-state index is 12.6. The molecule has 0 saturated heterocycles. The lowest BCUT2D eigenvalue weighted by molar-refractivity contribution is 0.0939. The maximum Gasteiger partial charge on any atom is 0.272 e. The Balaban J connectivity index is 1.79. The summed E-state index contributed by atoms with van der Waals surface area (Å²) in [5.74, 6) is -0.0646. The third kappa shape index (κ3) is 3.23. The Labute approximate surface area is 150 Å². The zero-order valence-corrected chi connectivity index (χ0v) is 15.0. The first-order valence-corrected chi connectivity index (χ1v) is 8.02. The molecule has 2 N–H and O–H groups in total. The highest BCUT2D eigenvalue weighted by molar-refractivity contribution is 6.09. The molecule has 0 aliphatic carbocycles. The van der Waals surface area contributed by atoms with Crippen LogP contribution in [0.5, 0.6) is 0 Å². The van der Waals surface area contributed by atoms with E-state index in [2.05, 4.69) is 20.8 Å². The van der Waals surface area contributed by atoms with Gasteiger partial charge < -0.3 is 15.1 Å². The molecule has 0 saturated carbocycles. The number of carbonyl (C=O) groups is 2. The molecule has 9 nitrogen and oxygen atoms in total. The van der Waals surface area contributed by atoms with E-state index in [1.54, 1.807) is 37.8 Å². The first kappa shape index (κ1) is 17.5. The number of nitrogens with zero attached hydrogens (tertiary/aromatic N) is 4. The number of anilines is 1. The van der Waals surface area contributed by atoms with Gasteiger partial charge in [-0.3, -0.25) is 19.0 Å². The van der Waals surface area contributed by atoms with E-state index in [9.17, 15) is 9.59 Å². The number of hydrogen-bond donors (Lipinski definition) is 2. The third-order valence-electron chi connectivity index (χ3n) is 4.14. The van der Waals surface area contributed by atoms with Crippen LogP contribution < -0.4 is 10.6 Å². The van der Waals surface area contributed by atoms with Crippen LogP contribution in [0.1, 0.15) is 38.0 Å². The molecular formula is C17H20N6O3. The molecule has 0 radical (unpaired) electrons. The van der Waals surface area contributed by atoms with Crippen molar-refractivity contribution < 1.29 is 14.0 Å². The molecule has 9 heteroatoms. The number of carbonyl (C=O) groups excluding carboxylic acids is 2. The smallest absolute Gasteiger partial charge is 0.272 e. The fourth-order valence-electron chi connectivity index (χ4n) is 2.75. The second-order valence-corrected chi connectivity index (χ2v) is 5.92. The second kappa shape index (κ2) is 6.87. The first-order valence-electron chi connectivity index (χ1n) is 8.02. The van der Waals surface area contributed by atoms with Gasteiger partial charge in [-0.05, 0) is 26.0 Å². The topological polar surface area (TPSA) is 107 Å². The molecule has 2 amide bonds. The standard InChI is InChI=1S/C17H20N6O3/c1-10-14(11(2)22(3)21-10)16(24)20-13-9-19-23(4)15(13)17(25)18-8-12-6-5-7-26-12/h5-7,9H,8H2,1-4H3,(H,18,25)(H,20,24). The van der Waals surface area contributed by atoms with Crippen molar-refractivity contribution in [1.29, 1.82) is 0 Å². The summed E-state index contributed by atoms with van der Waals surface area (Å²) in [7, 11) is 3.41. The number of rotatable bonds is 5. The maximum absolute atomic E-state index is 12.6. The van der Waals surface area contributed by atoms with Crippen molar-refractivity contribution in [1.82, 2.24) is 24.9 Å². The molecule has 0 spiro atoms. The van der Waals surface area contributed by atoms with Gasteiger partial charge in [0.25, 0.3) is 11.8 Å². The molecule has 0 aromatic carbocycles. The quantitative estimate of drug-likeness (QED) is 0.721. The van der Waals surface area contributed by atoms with E-state index in [-0.39, 0.29) is 24.1 Å².